The summed E-state index contributed by atoms with van der Waals surface area (Å²) < 4.78 is 22.1. The number of rotatable bonds is 10. The summed E-state index contributed by atoms with van der Waals surface area (Å²) in [7, 11) is 3.32. The Labute approximate surface area is 185 Å². The Kier molecular flexibility index (Phi) is 8.44. The van der Waals surface area contributed by atoms with Crippen LogP contribution in [0.5, 0.6) is 17.2 Å². The molecule has 1 fully saturated rings. The fourth-order valence-corrected chi connectivity index (χ4v) is 4.03. The number of carbonyl (C=O) groups is 1. The third-order valence-electron chi connectivity index (χ3n) is 5.65. The van der Waals surface area contributed by atoms with E-state index in [0.717, 1.165) is 67.0 Å². The van der Waals surface area contributed by atoms with Crippen LogP contribution >= 0.6 is 0 Å². The Morgan fingerprint density at radius 1 is 1.06 bits per heavy atom. The smallest absolute Gasteiger partial charge is 0.409 e. The van der Waals surface area contributed by atoms with Crippen molar-refractivity contribution in [2.45, 2.75) is 45.1 Å². The van der Waals surface area contributed by atoms with Gasteiger partial charge in [-0.25, -0.2) is 4.79 Å². The molecule has 3 rings (SSSR count). The molecule has 0 spiro atoms. The lowest BCUT2D eigenvalue weighted by Gasteiger charge is -2.24. The fourth-order valence-electron chi connectivity index (χ4n) is 4.03. The van der Waals surface area contributed by atoms with Gasteiger partial charge in [-0.3, -0.25) is 0 Å². The summed E-state index contributed by atoms with van der Waals surface area (Å²) in [5.74, 6) is 2.49. The van der Waals surface area contributed by atoms with Crippen LogP contribution in [0, 0.1) is 0 Å². The zero-order valence-electron chi connectivity index (χ0n) is 18.8. The molecule has 1 heterocycles. The second-order valence-electron chi connectivity index (χ2n) is 7.65. The first kappa shape index (κ1) is 22.8. The average molecular weight is 428 g/mol. The normalized spacial score (nSPS) is 15.6. The van der Waals surface area contributed by atoms with E-state index in [1.165, 1.54) is 0 Å². The number of likely N-dealkylation sites (tertiary alicyclic amines) is 1. The molecule has 6 nitrogen and oxygen atoms in total. The predicted molar refractivity (Wildman–Crippen MR) is 120 cm³/mol. The van der Waals surface area contributed by atoms with Crippen LogP contribution in [0.2, 0.25) is 0 Å². The van der Waals surface area contributed by atoms with Gasteiger partial charge < -0.3 is 23.8 Å². The number of ether oxygens (including phenoxy) is 4. The first-order chi connectivity index (χ1) is 15.1. The summed E-state index contributed by atoms with van der Waals surface area (Å²) in [6.07, 6.45) is 4.32. The zero-order chi connectivity index (χ0) is 22.1. The second-order valence-corrected chi connectivity index (χ2v) is 7.65. The van der Waals surface area contributed by atoms with Crippen molar-refractivity contribution in [3.63, 3.8) is 0 Å². The molecule has 1 amide bonds. The molecular formula is C25H33NO5. The van der Waals surface area contributed by atoms with Crippen molar-refractivity contribution in [3.8, 4) is 17.2 Å². The van der Waals surface area contributed by atoms with Crippen LogP contribution in [0.3, 0.4) is 0 Å². The molecule has 2 aromatic carbocycles. The number of methoxy groups -OCH3 is 2. The molecule has 31 heavy (non-hydrogen) atoms. The minimum Gasteiger partial charge on any atom is -0.497 e. The lowest BCUT2D eigenvalue weighted by Crippen LogP contribution is -2.36. The zero-order valence-corrected chi connectivity index (χ0v) is 18.8. The van der Waals surface area contributed by atoms with Gasteiger partial charge in [0.25, 0.3) is 0 Å². The van der Waals surface area contributed by atoms with Gasteiger partial charge in [0.05, 0.1) is 27.4 Å². The number of nitrogens with zero attached hydrogens (tertiary/aromatic N) is 1. The number of hydrogen-bond acceptors (Lipinski definition) is 5. The molecule has 0 bridgehead atoms. The lowest BCUT2D eigenvalue weighted by molar-refractivity contribution is 0.0983. The predicted octanol–water partition coefficient (Wildman–Crippen LogP) is 4.88. The number of hydrogen-bond donors (Lipinski definition) is 0. The van der Waals surface area contributed by atoms with Gasteiger partial charge in [-0.15, -0.1) is 0 Å². The fraction of sp³-hybridized carbons (Fsp3) is 0.480. The molecule has 1 aliphatic rings. The highest BCUT2D eigenvalue weighted by atomic mass is 16.6. The number of benzene rings is 2. The SMILES string of the molecule is CCOC(=O)N1CCC[C@@H]1CCOc1ccccc1CCc1cc(OC)cc(OC)c1. The van der Waals surface area contributed by atoms with E-state index in [9.17, 15) is 4.79 Å². The highest BCUT2D eigenvalue weighted by molar-refractivity contribution is 5.68. The van der Waals surface area contributed by atoms with Crippen molar-refractivity contribution in [1.29, 1.82) is 0 Å². The molecule has 1 atom stereocenters. The molecule has 168 valence electrons. The summed E-state index contributed by atoms with van der Waals surface area (Å²) in [4.78, 5) is 13.9. The first-order valence-corrected chi connectivity index (χ1v) is 11.0. The van der Waals surface area contributed by atoms with E-state index in [-0.39, 0.29) is 12.1 Å². The maximum absolute atomic E-state index is 12.1. The summed E-state index contributed by atoms with van der Waals surface area (Å²) in [6, 6.07) is 14.3. The standard InChI is InChI=1S/C25H33NO5/c1-4-30-25(27)26-14-7-9-21(26)13-15-31-24-10-6-5-8-20(24)12-11-19-16-22(28-2)18-23(17-19)29-3/h5-6,8,10,16-18,21H,4,7,9,11-15H2,1-3H3/t21-/m1/s1. The van der Waals surface area contributed by atoms with Gasteiger partial charge in [0.15, 0.2) is 0 Å². The molecule has 0 saturated carbocycles. The van der Waals surface area contributed by atoms with E-state index in [1.807, 2.05) is 48.2 Å². The van der Waals surface area contributed by atoms with E-state index < -0.39 is 0 Å². The molecule has 1 saturated heterocycles. The third-order valence-corrected chi connectivity index (χ3v) is 5.65. The summed E-state index contributed by atoms with van der Waals surface area (Å²) in [5, 5.41) is 0. The van der Waals surface area contributed by atoms with Crippen molar-refractivity contribution in [3.05, 3.63) is 53.6 Å². The van der Waals surface area contributed by atoms with Gasteiger partial charge in [0.1, 0.15) is 17.2 Å². The summed E-state index contributed by atoms with van der Waals surface area (Å²) in [5.41, 5.74) is 2.32. The van der Waals surface area contributed by atoms with Crippen LogP contribution in [0.25, 0.3) is 0 Å². The maximum Gasteiger partial charge on any atom is 0.409 e. The van der Waals surface area contributed by atoms with Crippen molar-refractivity contribution >= 4 is 6.09 Å². The van der Waals surface area contributed by atoms with E-state index in [2.05, 4.69) is 6.07 Å². The van der Waals surface area contributed by atoms with Crippen LogP contribution in [0.15, 0.2) is 42.5 Å². The van der Waals surface area contributed by atoms with E-state index in [4.69, 9.17) is 18.9 Å². The topological polar surface area (TPSA) is 57.2 Å². The monoisotopic (exact) mass is 427 g/mol. The van der Waals surface area contributed by atoms with Crippen LogP contribution in [0.1, 0.15) is 37.3 Å². The van der Waals surface area contributed by atoms with Gasteiger partial charge in [-0.1, -0.05) is 18.2 Å². The number of aryl methyl sites for hydroxylation is 2. The summed E-state index contributed by atoms with van der Waals surface area (Å²) >= 11 is 0. The second kappa shape index (κ2) is 11.5. The Morgan fingerprint density at radius 3 is 2.52 bits per heavy atom. The quantitative estimate of drug-likeness (QED) is 0.541. The largest absolute Gasteiger partial charge is 0.497 e. The van der Waals surface area contributed by atoms with Crippen LogP contribution in [0.4, 0.5) is 4.79 Å². The summed E-state index contributed by atoms with van der Waals surface area (Å²) in [6.45, 7) is 3.59. The van der Waals surface area contributed by atoms with Crippen LogP contribution < -0.4 is 14.2 Å². The van der Waals surface area contributed by atoms with Crippen molar-refractivity contribution < 1.29 is 23.7 Å². The van der Waals surface area contributed by atoms with Crippen molar-refractivity contribution in [2.24, 2.45) is 0 Å². The Hall–Kier alpha value is -2.89. The molecular weight excluding hydrogens is 394 g/mol. The Morgan fingerprint density at radius 2 is 1.81 bits per heavy atom. The first-order valence-electron chi connectivity index (χ1n) is 11.0. The number of amides is 1. The van der Waals surface area contributed by atoms with E-state index >= 15 is 0 Å². The molecule has 1 aliphatic heterocycles. The molecule has 0 aromatic heterocycles. The van der Waals surface area contributed by atoms with Gasteiger partial charge >= 0.3 is 6.09 Å². The highest BCUT2D eigenvalue weighted by Crippen LogP contribution is 2.26. The maximum atomic E-state index is 12.1. The van der Waals surface area contributed by atoms with Crippen molar-refractivity contribution in [2.75, 3.05) is 34.0 Å². The van der Waals surface area contributed by atoms with E-state index in [0.29, 0.717) is 13.2 Å². The Bertz CT molecular complexity index is 831. The molecule has 0 radical (unpaired) electrons. The van der Waals surface area contributed by atoms with Crippen LogP contribution in [-0.4, -0.2) is 51.0 Å². The third kappa shape index (κ3) is 6.29. The number of para-hydroxylation sites is 1. The Balaban J connectivity index is 1.56. The van der Waals surface area contributed by atoms with Crippen LogP contribution in [-0.2, 0) is 17.6 Å². The minimum absolute atomic E-state index is 0.190. The van der Waals surface area contributed by atoms with Gasteiger partial charge in [-0.05, 0) is 61.9 Å². The molecule has 0 unspecified atom stereocenters. The lowest BCUT2D eigenvalue weighted by atomic mass is 10.0. The number of carbonyl (C=O) groups excluding carboxylic acids is 1. The average Bonchev–Trinajstić information content (AvgIpc) is 3.27. The van der Waals surface area contributed by atoms with Gasteiger partial charge in [0, 0.05) is 25.1 Å². The van der Waals surface area contributed by atoms with Crippen molar-refractivity contribution in [1.82, 2.24) is 4.90 Å². The molecule has 0 N–H and O–H groups in total. The van der Waals surface area contributed by atoms with E-state index in [1.54, 1.807) is 14.2 Å². The highest BCUT2D eigenvalue weighted by Gasteiger charge is 2.29. The van der Waals surface area contributed by atoms with Gasteiger partial charge in [0.2, 0.25) is 0 Å². The minimum atomic E-state index is -0.209. The molecule has 2 aromatic rings. The molecule has 0 aliphatic carbocycles. The molecule has 6 heteroatoms. The van der Waals surface area contributed by atoms with Gasteiger partial charge in [-0.2, -0.15) is 0 Å².